The lowest BCUT2D eigenvalue weighted by Gasteiger charge is -2.27. The molecule has 0 heterocycles. The monoisotopic (exact) mass is 496 g/mol. The van der Waals surface area contributed by atoms with Crippen molar-refractivity contribution < 1.29 is 39.4 Å². The van der Waals surface area contributed by atoms with Crippen molar-refractivity contribution in [3.8, 4) is 0 Å². The minimum Gasteiger partial charge on any atom is -0.480 e. The third kappa shape index (κ3) is 7.26. The van der Waals surface area contributed by atoms with Crippen molar-refractivity contribution in [2.75, 3.05) is 12.3 Å². The third-order valence-corrected chi connectivity index (χ3v) is 6.32. The van der Waals surface area contributed by atoms with Crippen LogP contribution in [-0.2, 0) is 19.2 Å². The number of nitro groups is 1. The van der Waals surface area contributed by atoms with Gasteiger partial charge in [0.15, 0.2) is 0 Å². The van der Waals surface area contributed by atoms with E-state index in [1.165, 1.54) is 24.3 Å². The Morgan fingerprint density at radius 1 is 1.24 bits per heavy atom. The minimum absolute atomic E-state index is 0.111. The number of carbonyl (C=O) groups excluding carboxylic acids is 2. The third-order valence-electron chi connectivity index (χ3n) is 4.90. The highest BCUT2D eigenvalue weighted by molar-refractivity contribution is 7.99. The molecule has 0 bridgehead atoms. The number of carbonyl (C=O) groups is 4. The van der Waals surface area contributed by atoms with Gasteiger partial charge >= 0.3 is 11.9 Å². The molecule has 0 spiro atoms. The fourth-order valence-electron chi connectivity index (χ4n) is 3.17. The van der Waals surface area contributed by atoms with Crippen LogP contribution < -0.4 is 16.4 Å². The van der Waals surface area contributed by atoms with Gasteiger partial charge in [-0.1, -0.05) is 18.2 Å². The van der Waals surface area contributed by atoms with E-state index < -0.39 is 58.7 Å². The molecule has 1 aromatic carbocycles. The average Bonchev–Trinajstić information content (AvgIpc) is 2.78. The molecule has 0 aliphatic heterocycles. The lowest BCUT2D eigenvalue weighted by molar-refractivity contribution is -0.385. The van der Waals surface area contributed by atoms with Crippen molar-refractivity contribution in [2.24, 2.45) is 5.73 Å². The summed E-state index contributed by atoms with van der Waals surface area (Å²) in [7, 11) is 0. The Morgan fingerprint density at radius 3 is 2.56 bits per heavy atom. The van der Waals surface area contributed by atoms with E-state index in [2.05, 4.69) is 10.6 Å². The van der Waals surface area contributed by atoms with Crippen molar-refractivity contribution >= 4 is 47.3 Å². The van der Waals surface area contributed by atoms with Gasteiger partial charge in [0.2, 0.25) is 11.8 Å². The number of aliphatic carboxylic acids is 2. The molecule has 0 saturated carbocycles. The number of amides is 2. The fraction of sp³-hybridized carbons (Fsp3) is 0.400. The fourth-order valence-corrected chi connectivity index (χ4v) is 4.48. The quantitative estimate of drug-likeness (QED) is 0.162. The predicted molar refractivity (Wildman–Crippen MR) is 121 cm³/mol. The van der Waals surface area contributed by atoms with Crippen LogP contribution in [0.1, 0.15) is 29.2 Å². The van der Waals surface area contributed by atoms with Crippen molar-refractivity contribution in [3.63, 3.8) is 0 Å². The van der Waals surface area contributed by atoms with E-state index in [1.54, 1.807) is 6.07 Å². The topological polar surface area (TPSA) is 222 Å². The number of carboxylic acid groups (broad SMARTS) is 2. The molecule has 184 valence electrons. The Morgan fingerprint density at radius 2 is 1.94 bits per heavy atom. The van der Waals surface area contributed by atoms with E-state index >= 15 is 0 Å². The van der Waals surface area contributed by atoms with E-state index in [1.807, 2.05) is 0 Å². The second-order valence-corrected chi connectivity index (χ2v) is 8.53. The summed E-state index contributed by atoms with van der Waals surface area (Å²) in [6, 6.07) is 1.92. The van der Waals surface area contributed by atoms with Gasteiger partial charge < -0.3 is 31.7 Å². The molecule has 4 atom stereocenters. The van der Waals surface area contributed by atoms with Crippen LogP contribution >= 0.6 is 11.8 Å². The normalized spacial score (nSPS) is 18.3. The second kappa shape index (κ2) is 12.1. The summed E-state index contributed by atoms with van der Waals surface area (Å²) in [5, 5.41) is 43.3. The zero-order valence-corrected chi connectivity index (χ0v) is 18.6. The first-order valence-electron chi connectivity index (χ1n) is 10.0. The molecule has 1 aliphatic carbocycles. The molecule has 0 radical (unpaired) electrons. The molecule has 1 aromatic rings. The molecular weight excluding hydrogens is 472 g/mol. The van der Waals surface area contributed by atoms with Gasteiger partial charge in [-0.3, -0.25) is 29.3 Å². The summed E-state index contributed by atoms with van der Waals surface area (Å²) in [4.78, 5) is 57.1. The number of aliphatic hydroxyl groups excluding tert-OH is 1. The van der Waals surface area contributed by atoms with Gasteiger partial charge in [0, 0.05) is 18.2 Å². The van der Waals surface area contributed by atoms with Crippen molar-refractivity contribution in [1.29, 1.82) is 0 Å². The number of nitro benzene ring substituents is 1. The predicted octanol–water partition coefficient (Wildman–Crippen LogP) is -0.365. The number of hydrogen-bond donors (Lipinski definition) is 6. The Hall–Kier alpha value is -3.49. The van der Waals surface area contributed by atoms with Gasteiger partial charge in [0.25, 0.3) is 5.69 Å². The van der Waals surface area contributed by atoms with Crippen LogP contribution in [0.15, 0.2) is 24.3 Å². The number of aliphatic hydroxyl groups is 1. The SMILES string of the molecule is N[C@@H](CCC(=O)N[C@@H](CSC1c2cccc([N+](=O)[O-])c2C=CC1O)C(=O)NCC(=O)O)C(=O)O. The van der Waals surface area contributed by atoms with Crippen LogP contribution in [0, 0.1) is 10.1 Å². The van der Waals surface area contributed by atoms with Crippen LogP contribution in [0.25, 0.3) is 6.08 Å². The van der Waals surface area contributed by atoms with Crippen LogP contribution in [0.3, 0.4) is 0 Å². The number of nitrogens with zero attached hydrogens (tertiary/aromatic N) is 1. The molecule has 0 fully saturated rings. The van der Waals surface area contributed by atoms with Gasteiger partial charge in [0.05, 0.1) is 21.8 Å². The molecule has 34 heavy (non-hydrogen) atoms. The Balaban J connectivity index is 2.16. The summed E-state index contributed by atoms with van der Waals surface area (Å²) in [6.07, 6.45) is 1.33. The van der Waals surface area contributed by atoms with Crippen LogP contribution in [0.4, 0.5) is 5.69 Å². The standard InChI is InChI=1S/C20H24N4O9S/c21-12(20(30)31)5-7-16(26)23-13(19(29)22-8-17(27)28)9-34-18-11-2-1-3-14(24(32)33)10(11)4-6-15(18)25/h1-4,6,12-13,15,18,25H,5,7-9,21H2,(H,22,29)(H,23,26)(H,27,28)(H,30,31)/t12-,13-,15?,18?/m0/s1. The zero-order chi connectivity index (χ0) is 25.4. The highest BCUT2D eigenvalue weighted by atomic mass is 32.2. The number of nitrogens with one attached hydrogen (secondary N) is 2. The molecule has 0 aromatic heterocycles. The smallest absolute Gasteiger partial charge is 0.322 e. The van der Waals surface area contributed by atoms with E-state index in [4.69, 9.17) is 15.9 Å². The zero-order valence-electron chi connectivity index (χ0n) is 17.7. The summed E-state index contributed by atoms with van der Waals surface area (Å²) in [5.41, 5.74) is 6.01. The van der Waals surface area contributed by atoms with Gasteiger partial charge in [-0.25, -0.2) is 0 Å². The van der Waals surface area contributed by atoms with Crippen molar-refractivity contribution in [1.82, 2.24) is 10.6 Å². The van der Waals surface area contributed by atoms with E-state index in [9.17, 15) is 34.4 Å². The molecule has 1 aliphatic rings. The van der Waals surface area contributed by atoms with Crippen LogP contribution in [0.5, 0.6) is 0 Å². The lowest BCUT2D eigenvalue weighted by atomic mass is 9.94. The first-order chi connectivity index (χ1) is 16.0. The van der Waals surface area contributed by atoms with Gasteiger partial charge in [-0.05, 0) is 18.1 Å². The summed E-state index contributed by atoms with van der Waals surface area (Å²) in [6.45, 7) is -0.691. The Labute approximate surface area is 197 Å². The number of carboxylic acids is 2. The number of nitrogens with two attached hydrogens (primary N) is 1. The summed E-state index contributed by atoms with van der Waals surface area (Å²) in [5.74, 6) is -4.17. The molecule has 7 N–H and O–H groups in total. The maximum Gasteiger partial charge on any atom is 0.322 e. The van der Waals surface area contributed by atoms with E-state index in [0.717, 1.165) is 11.8 Å². The molecule has 2 unspecified atom stereocenters. The molecule has 2 amide bonds. The summed E-state index contributed by atoms with van der Waals surface area (Å²) >= 11 is 1.04. The first-order valence-corrected chi connectivity index (χ1v) is 11.1. The average molecular weight is 496 g/mol. The number of hydrogen-bond acceptors (Lipinski definition) is 9. The molecule has 13 nitrogen and oxygen atoms in total. The number of benzene rings is 1. The van der Waals surface area contributed by atoms with E-state index in [-0.39, 0.29) is 24.3 Å². The number of thioether (sulfide) groups is 1. The first kappa shape index (κ1) is 26.8. The maximum atomic E-state index is 12.5. The Bertz CT molecular complexity index is 1000. The molecule has 14 heteroatoms. The highest BCUT2D eigenvalue weighted by Gasteiger charge is 2.31. The van der Waals surface area contributed by atoms with Crippen molar-refractivity contribution in [2.45, 2.75) is 36.3 Å². The number of rotatable bonds is 12. The highest BCUT2D eigenvalue weighted by Crippen LogP contribution is 2.41. The number of fused-ring (bicyclic) bond motifs is 1. The Kier molecular flexibility index (Phi) is 9.53. The molecule has 0 saturated heterocycles. The van der Waals surface area contributed by atoms with Crippen LogP contribution in [0.2, 0.25) is 0 Å². The van der Waals surface area contributed by atoms with E-state index in [0.29, 0.717) is 11.1 Å². The van der Waals surface area contributed by atoms with Gasteiger partial charge in [-0.15, -0.1) is 11.8 Å². The van der Waals surface area contributed by atoms with Gasteiger partial charge in [-0.2, -0.15) is 0 Å². The van der Waals surface area contributed by atoms with Crippen LogP contribution in [-0.4, -0.2) is 74.5 Å². The second-order valence-electron chi connectivity index (χ2n) is 7.36. The molecule has 2 rings (SSSR count). The minimum atomic E-state index is -1.30. The maximum absolute atomic E-state index is 12.5. The van der Waals surface area contributed by atoms with Gasteiger partial charge in [0.1, 0.15) is 18.6 Å². The summed E-state index contributed by atoms with van der Waals surface area (Å²) < 4.78 is 0. The molecular formula is C20H24N4O9S. The lowest BCUT2D eigenvalue weighted by Crippen LogP contribution is -2.49. The largest absolute Gasteiger partial charge is 0.480 e. The van der Waals surface area contributed by atoms with Crippen molar-refractivity contribution in [3.05, 3.63) is 45.5 Å².